The van der Waals surface area contributed by atoms with Crippen molar-refractivity contribution >= 4 is 82.5 Å². The van der Waals surface area contributed by atoms with Crippen LogP contribution in [0.4, 0.5) is 13.2 Å². The van der Waals surface area contributed by atoms with Crippen molar-refractivity contribution in [3.8, 4) is 0 Å². The summed E-state index contributed by atoms with van der Waals surface area (Å²) in [5.41, 5.74) is -1.55. The van der Waals surface area contributed by atoms with Gasteiger partial charge in [0, 0.05) is 74.3 Å². The molecule has 24 nitrogen and oxygen atoms in total. The maximum atomic E-state index is 15.7. The molecule has 7 fully saturated rings. The van der Waals surface area contributed by atoms with E-state index in [1.54, 1.807) is 18.7 Å². The van der Waals surface area contributed by atoms with E-state index in [1.165, 1.54) is 73.8 Å². The number of fused-ring (bicyclic) bond motifs is 1. The molecule has 12 amide bonds. The summed E-state index contributed by atoms with van der Waals surface area (Å²) in [5, 5.41) is 7.59. The van der Waals surface area contributed by atoms with E-state index in [9.17, 15) is 46.7 Å². The Kier molecular flexibility index (Phi) is 29.1. The molecule has 3 aliphatic heterocycles. The molecule has 3 heterocycles. The number of likely N-dealkylation sites (N-methyl/N-ethyl adjacent to an activating group) is 7. The highest BCUT2D eigenvalue weighted by molar-refractivity contribution is 6.21. The van der Waals surface area contributed by atoms with Gasteiger partial charge in [-0.25, -0.2) is 0 Å². The molecule has 3 saturated heterocycles. The SMILES string of the molecule is CC[C@H](C)[C@@H]1NC(=O)[C@H](CC)N(C)C(=O)C[C@@H](C(=O)N2CCCCC2)N(C)C(=O)[C@H](C2CCCCC2)N(C)C(=O)C2(CCCC2)NC(=O)[C@@H]2CCCN2C(=O)[C@H](CCC2CCC(C(F)(F)F)C(Cl)C2)NC(=O)CN(C)C(=O)[C@H](CC2CCCCC2)N(C)C(=O)CN(C)C(=O)CN(C)C1=O. The van der Waals surface area contributed by atoms with Gasteiger partial charge in [-0.05, 0) is 126 Å². The summed E-state index contributed by atoms with van der Waals surface area (Å²) in [6, 6.07) is -8.48. The molecule has 28 heteroatoms. The van der Waals surface area contributed by atoms with Crippen molar-refractivity contribution in [2.45, 2.75) is 260 Å². The minimum Gasteiger partial charge on any atom is -0.343 e. The second-order valence-electron chi connectivity index (χ2n) is 30.0. The van der Waals surface area contributed by atoms with Crippen LogP contribution < -0.4 is 16.0 Å². The highest BCUT2D eigenvalue weighted by Gasteiger charge is 2.52. The van der Waals surface area contributed by atoms with Gasteiger partial charge < -0.3 is 60.0 Å². The molecule has 11 atom stereocenters. The van der Waals surface area contributed by atoms with Crippen molar-refractivity contribution in [2.24, 2.45) is 29.6 Å². The molecule has 4 aliphatic carbocycles. The highest BCUT2D eigenvalue weighted by Crippen LogP contribution is 2.44. The Labute approximate surface area is 588 Å². The Morgan fingerprint density at radius 2 is 1.17 bits per heavy atom. The standard InChI is InChI=1S/C71H114ClF3N12O12/c1-11-45(3)60-67(97)81(6)43-58(90)79(4)44-59(91)83(8)54(40-46-25-16-13-17-26-46)65(95)80(5)42-56(88)76-51(33-31-47-30-32-49(50(72)39-47)71(73,74)75)64(94)87-38-24-29-53(87)63(93)78-70(34-20-21-35-70)69(99)85(10)61(48-27-18-14-19-28-48)68(98)84(9)55(66(96)86-36-22-15-23-37-86)41-57(89)82(7)52(12-2)62(92)77-60/h45-55,60-61H,11-44H2,1-10H3,(H,76,88)(H,77,92)(H,78,93)/t45-,47?,49?,50?,51-,52-,53-,54-,55-,60-,61-/m0/s1. The van der Waals surface area contributed by atoms with E-state index >= 15 is 24.0 Å². The van der Waals surface area contributed by atoms with Crippen LogP contribution in [0, 0.1) is 29.6 Å². The topological polar surface area (TPSA) is 270 Å². The third-order valence-electron chi connectivity index (χ3n) is 23.1. The fraction of sp³-hybridized carbons (Fsp3) is 0.831. The van der Waals surface area contributed by atoms with E-state index in [0.717, 1.165) is 72.5 Å². The van der Waals surface area contributed by atoms with E-state index < -0.39 is 168 Å². The van der Waals surface area contributed by atoms with E-state index in [0.29, 0.717) is 64.5 Å². The number of piperidine rings is 1. The number of carbonyl (C=O) groups excluding carboxylic acids is 12. The van der Waals surface area contributed by atoms with Gasteiger partial charge in [-0.3, -0.25) is 57.5 Å². The number of nitrogens with one attached hydrogen (secondary N) is 3. The Balaban J connectivity index is 1.26. The zero-order valence-electron chi connectivity index (χ0n) is 60.5. The van der Waals surface area contributed by atoms with Crippen LogP contribution >= 0.6 is 11.6 Å². The molecule has 7 rings (SSSR count). The molecule has 3 N–H and O–H groups in total. The molecule has 1 spiro atoms. The van der Waals surface area contributed by atoms with Gasteiger partial charge in [0.05, 0.1) is 32.0 Å². The van der Waals surface area contributed by atoms with Gasteiger partial charge in [0.25, 0.3) is 0 Å². The van der Waals surface area contributed by atoms with Crippen LogP contribution in [0.3, 0.4) is 0 Å². The van der Waals surface area contributed by atoms with Gasteiger partial charge in [0.15, 0.2) is 0 Å². The van der Waals surface area contributed by atoms with E-state index in [-0.39, 0.29) is 88.5 Å². The molecular weight excluding hydrogens is 1310 g/mol. The number of carbonyl (C=O) groups is 12. The Morgan fingerprint density at radius 1 is 0.576 bits per heavy atom. The first-order chi connectivity index (χ1) is 46.8. The Bertz CT molecular complexity index is 2870. The largest absolute Gasteiger partial charge is 0.393 e. The van der Waals surface area contributed by atoms with Crippen LogP contribution in [0.1, 0.15) is 201 Å². The first kappa shape index (κ1) is 80.0. The number of likely N-dealkylation sites (tertiary alicyclic amines) is 1. The lowest BCUT2D eigenvalue weighted by atomic mass is 9.78. The predicted octanol–water partition coefficient (Wildman–Crippen LogP) is 5.85. The van der Waals surface area contributed by atoms with E-state index in [4.69, 9.17) is 11.6 Å². The third kappa shape index (κ3) is 20.1. The Hall–Kier alpha value is -6.28. The van der Waals surface area contributed by atoms with Crippen molar-refractivity contribution in [1.82, 2.24) is 60.0 Å². The summed E-state index contributed by atoms with van der Waals surface area (Å²) in [6.45, 7) is 4.52. The van der Waals surface area contributed by atoms with Crippen LogP contribution in [0.2, 0.25) is 0 Å². The third-order valence-corrected chi connectivity index (χ3v) is 23.6. The number of rotatable bonds is 10. The van der Waals surface area contributed by atoms with Crippen molar-refractivity contribution in [2.75, 3.05) is 88.6 Å². The Morgan fingerprint density at radius 3 is 1.78 bits per heavy atom. The van der Waals surface area contributed by atoms with E-state index in [2.05, 4.69) is 16.0 Å². The van der Waals surface area contributed by atoms with Crippen molar-refractivity contribution in [3.05, 3.63) is 0 Å². The smallest absolute Gasteiger partial charge is 0.343 e. The number of hydrogen-bond acceptors (Lipinski definition) is 12. The molecule has 7 aliphatic rings. The number of hydrogen-bond donors (Lipinski definition) is 3. The van der Waals surface area contributed by atoms with Crippen LogP contribution in [0.15, 0.2) is 0 Å². The van der Waals surface area contributed by atoms with Gasteiger partial charge in [-0.15, -0.1) is 11.6 Å². The van der Waals surface area contributed by atoms with Crippen molar-refractivity contribution in [1.29, 1.82) is 0 Å². The summed E-state index contributed by atoms with van der Waals surface area (Å²) < 4.78 is 42.0. The zero-order chi connectivity index (χ0) is 72.8. The van der Waals surface area contributed by atoms with Gasteiger partial charge in [0.2, 0.25) is 70.9 Å². The molecule has 0 bridgehead atoms. The van der Waals surface area contributed by atoms with Gasteiger partial charge in [0.1, 0.15) is 47.8 Å². The number of alkyl halides is 4. The zero-order valence-corrected chi connectivity index (χ0v) is 61.2. The predicted molar refractivity (Wildman–Crippen MR) is 365 cm³/mol. The molecule has 0 aromatic carbocycles. The van der Waals surface area contributed by atoms with Crippen LogP contribution in [-0.4, -0.2) is 263 Å². The molecular formula is C71H114ClF3N12O12. The normalized spacial score (nSPS) is 30.2. The number of amides is 12. The minimum atomic E-state index is -4.51. The summed E-state index contributed by atoms with van der Waals surface area (Å²) in [6.07, 6.45) is 7.95. The summed E-state index contributed by atoms with van der Waals surface area (Å²) in [4.78, 5) is 190. The van der Waals surface area contributed by atoms with Crippen molar-refractivity contribution in [3.63, 3.8) is 0 Å². The lowest BCUT2D eigenvalue weighted by Gasteiger charge is -2.43. The first-order valence-electron chi connectivity index (χ1n) is 36.8. The molecule has 3 unspecified atom stereocenters. The molecule has 4 saturated carbocycles. The molecule has 0 aromatic rings. The van der Waals surface area contributed by atoms with Gasteiger partial charge >= 0.3 is 6.18 Å². The molecule has 558 valence electrons. The average molecular weight is 1420 g/mol. The van der Waals surface area contributed by atoms with Gasteiger partial charge in [-0.1, -0.05) is 91.4 Å². The second-order valence-corrected chi connectivity index (χ2v) is 30.6. The van der Waals surface area contributed by atoms with E-state index in [1.807, 2.05) is 6.92 Å². The summed E-state index contributed by atoms with van der Waals surface area (Å²) in [7, 11) is 10.1. The molecule has 0 aromatic heterocycles. The fourth-order valence-electron chi connectivity index (χ4n) is 16.6. The van der Waals surface area contributed by atoms with Crippen molar-refractivity contribution < 1.29 is 70.7 Å². The van der Waals surface area contributed by atoms with Crippen LogP contribution in [0.5, 0.6) is 0 Å². The number of halogens is 4. The monoisotopic (exact) mass is 1420 g/mol. The minimum absolute atomic E-state index is 0.00359. The average Bonchev–Trinajstić information content (AvgIpc) is 1.50. The fourth-order valence-corrected chi connectivity index (χ4v) is 17.1. The van der Waals surface area contributed by atoms with Gasteiger partial charge in [-0.2, -0.15) is 13.2 Å². The molecule has 0 radical (unpaired) electrons. The maximum Gasteiger partial charge on any atom is 0.393 e. The second kappa shape index (κ2) is 36.0. The molecule has 99 heavy (non-hydrogen) atoms. The van der Waals surface area contributed by atoms with Crippen LogP contribution in [-0.2, 0) is 57.5 Å². The lowest BCUT2D eigenvalue weighted by molar-refractivity contribution is -0.182. The van der Waals surface area contributed by atoms with Crippen LogP contribution in [0.25, 0.3) is 0 Å². The summed E-state index contributed by atoms with van der Waals surface area (Å²) in [5.74, 6) is -10.3. The summed E-state index contributed by atoms with van der Waals surface area (Å²) >= 11 is 6.41. The first-order valence-corrected chi connectivity index (χ1v) is 37.3. The lowest BCUT2D eigenvalue weighted by Crippen LogP contribution is -2.65. The quantitative estimate of drug-likeness (QED) is 0.218. The maximum absolute atomic E-state index is 15.7. The number of nitrogens with zero attached hydrogens (tertiary/aromatic N) is 9. The highest BCUT2D eigenvalue weighted by atomic mass is 35.5.